The molecule has 5 rings (SSSR count). The molecule has 1 heterocycles. The maximum atomic E-state index is 14.5. The van der Waals surface area contributed by atoms with Crippen LogP contribution in [-0.4, -0.2) is 178 Å². The minimum Gasteiger partial charge on any atom is -0.457 e. The third-order valence-electron chi connectivity index (χ3n) is 18.9. The van der Waals surface area contributed by atoms with Crippen LogP contribution >= 0.6 is 0 Å². The van der Waals surface area contributed by atoms with E-state index in [1.54, 1.807) is 55.4 Å². The molecule has 3 aromatic rings. The number of alkyl halides is 2. The van der Waals surface area contributed by atoms with Crippen LogP contribution in [0, 0.1) is 29.6 Å². The second-order valence-electron chi connectivity index (χ2n) is 26.3. The van der Waals surface area contributed by atoms with Gasteiger partial charge in [0.2, 0.25) is 71.4 Å². The maximum absolute atomic E-state index is 14.5. The fourth-order valence-electron chi connectivity index (χ4n) is 11.3. The molecule has 18 atom stereocenters. The number of halogens is 2. The molecule has 1 saturated carbocycles. The molecular formula is C70H102F2N12O16. The van der Waals surface area contributed by atoms with E-state index >= 15 is 0 Å². The van der Waals surface area contributed by atoms with Crippen LogP contribution in [0.25, 0.3) is 11.1 Å². The number of aliphatic hydroxyl groups is 3. The van der Waals surface area contributed by atoms with E-state index in [9.17, 15) is 76.8 Å². The molecule has 0 radical (unpaired) electrons. The summed E-state index contributed by atoms with van der Waals surface area (Å²) in [6.07, 6.45) is -6.15. The minimum absolute atomic E-state index is 0.159. The van der Waals surface area contributed by atoms with Gasteiger partial charge >= 0.3 is 0 Å². The molecule has 3 unspecified atom stereocenters. The molecule has 3 aromatic carbocycles. The number of hydrogen-bond donors (Lipinski definition) is 15. The minimum atomic E-state index is -2.82. The van der Waals surface area contributed by atoms with Gasteiger partial charge < -0.3 is 89.4 Å². The van der Waals surface area contributed by atoms with E-state index in [0.29, 0.717) is 25.0 Å². The number of nitrogens with two attached hydrogens (primary N) is 2. The molecule has 17 N–H and O–H groups in total. The van der Waals surface area contributed by atoms with Crippen LogP contribution in [0.1, 0.15) is 133 Å². The molecule has 28 nitrogen and oxygen atoms in total. The molecule has 0 aromatic heterocycles. The van der Waals surface area contributed by atoms with Gasteiger partial charge in [0.1, 0.15) is 65.4 Å². The monoisotopic (exact) mass is 1400 g/mol. The summed E-state index contributed by atoms with van der Waals surface area (Å²) in [5.41, 5.74) is 12.9. The average molecular weight is 1410 g/mol. The molecule has 1 aliphatic heterocycles. The second kappa shape index (κ2) is 38.8. The van der Waals surface area contributed by atoms with Crippen molar-refractivity contribution in [3.05, 3.63) is 84.4 Å². The van der Waals surface area contributed by atoms with E-state index in [-0.39, 0.29) is 25.7 Å². The Morgan fingerprint density at radius 2 is 1.10 bits per heavy atom. The number of nitrogens with one attached hydrogen (secondary N) is 10. The SMILES string of the molecule is CC[C@H](C)[C@H](NC(=O)[C@H](N)CCc1ccc(-c2ccc(Oc3ccccc3)cc2)cc1)C(=O)N[C@@H](CO)C(=O)N[C@H](CCC(N)=O)C(=O)N[C@@H](C(=O)N[C@H](C(=O)N[C@@H](CO)C(=O)N[C@H]1C(=O)N[C@@H](C)C(=O)NC2(CC2CC(F)F)C(=O)N[C@@H]([C@@H](C)CC)C(O)O[C@H]1C)[C@@H](C)CC)[C@@H](C)CC. The van der Waals surface area contributed by atoms with Gasteiger partial charge in [-0.25, -0.2) is 8.78 Å². The first kappa shape index (κ1) is 82.0. The standard InChI is InChI=1S/C70H102F2N12O16/c1-11-36(5)54(79-60(89)48(73)29-22-42-20-23-43(24-21-42)44-25-27-47(28-26-44)100-46-18-16-15-17-19-46)64(93)77-50(34-85)62(91)76-49(30-31-53(74)87)61(90)80-56(38(7)13-3)66(95)81-55(37(6)12-2)65(94)78-51(35-86)63(92)82-58-41(10)99-68(97)57(39(8)14-4)83-69(98)70(33-45(70)32-52(71)72)84-59(88)40(9)75-67(58)96/h15-21,23-28,36-41,45,48-52,54-58,68,85-86,97H,11-14,22,29-35,73H2,1-10H3,(H2,74,87)(H,75,96)(H,76,91)(H,77,93)(H,78,94)(H,79,89)(H,80,90)(H,81,95)(H,82,92)(H,83,98)(H,84,88)/t36-,37-,38-,39-,40-,41-,45?,48+,49+,50-,51-,54-,55-,56+,57-,58+,68?,70?/m0/s1. The summed E-state index contributed by atoms with van der Waals surface area (Å²) >= 11 is 0. The van der Waals surface area contributed by atoms with Crippen molar-refractivity contribution >= 4 is 65.0 Å². The number of aryl methyl sites for hydroxylation is 1. The number of ether oxygens (including phenoxy) is 2. The highest BCUT2D eigenvalue weighted by Gasteiger charge is 2.62. The fraction of sp³-hybridized carbons (Fsp3) is 0.586. The normalized spacial score (nSPS) is 22.7. The first-order chi connectivity index (χ1) is 47.3. The van der Waals surface area contributed by atoms with Crippen LogP contribution in [0.5, 0.6) is 11.5 Å². The third-order valence-corrected chi connectivity index (χ3v) is 18.9. The number of carbonyl (C=O) groups excluding carboxylic acids is 11. The summed E-state index contributed by atoms with van der Waals surface area (Å²) in [5, 5.41) is 57.7. The largest absolute Gasteiger partial charge is 0.457 e. The Morgan fingerprint density at radius 3 is 1.61 bits per heavy atom. The predicted molar refractivity (Wildman–Crippen MR) is 364 cm³/mol. The van der Waals surface area contributed by atoms with Crippen LogP contribution in [-0.2, 0) is 63.9 Å². The third kappa shape index (κ3) is 23.2. The number of carbonyl (C=O) groups is 11. The Labute approximate surface area is 581 Å². The summed E-state index contributed by atoms with van der Waals surface area (Å²) in [5.74, 6) is -12.6. The van der Waals surface area contributed by atoms with E-state index in [1.807, 2.05) is 78.9 Å². The molecule has 30 heteroatoms. The van der Waals surface area contributed by atoms with Crippen molar-refractivity contribution in [3.8, 4) is 22.6 Å². The molecule has 11 amide bonds. The highest BCUT2D eigenvalue weighted by Crippen LogP contribution is 2.48. The Kier molecular flexibility index (Phi) is 31.8. The van der Waals surface area contributed by atoms with Crippen LogP contribution in [0.15, 0.2) is 78.9 Å². The van der Waals surface area contributed by atoms with Gasteiger partial charge in [0.05, 0.1) is 31.4 Å². The van der Waals surface area contributed by atoms with Gasteiger partial charge in [0.15, 0.2) is 6.29 Å². The van der Waals surface area contributed by atoms with Crippen molar-refractivity contribution in [2.45, 2.75) is 218 Å². The lowest BCUT2D eigenvalue weighted by Gasteiger charge is -2.34. The van der Waals surface area contributed by atoms with Crippen molar-refractivity contribution < 1.29 is 86.3 Å². The van der Waals surface area contributed by atoms with Gasteiger partial charge in [-0.1, -0.05) is 136 Å². The lowest BCUT2D eigenvalue weighted by atomic mass is 9.94. The Hall–Kier alpha value is -8.71. The summed E-state index contributed by atoms with van der Waals surface area (Å²) in [4.78, 5) is 152. The lowest BCUT2D eigenvalue weighted by Crippen LogP contribution is -2.63. The Bertz CT molecular complexity index is 3270. The van der Waals surface area contributed by atoms with Crippen molar-refractivity contribution in [1.29, 1.82) is 0 Å². The van der Waals surface area contributed by atoms with Gasteiger partial charge in [-0.05, 0) is 110 Å². The number of rotatable bonds is 35. The van der Waals surface area contributed by atoms with Crippen LogP contribution in [0.2, 0.25) is 0 Å². The van der Waals surface area contributed by atoms with E-state index in [4.69, 9.17) is 20.9 Å². The number of primary amides is 1. The van der Waals surface area contributed by atoms with Crippen LogP contribution in [0.4, 0.5) is 8.78 Å². The maximum Gasteiger partial charge on any atom is 0.246 e. The van der Waals surface area contributed by atoms with Gasteiger partial charge in [0, 0.05) is 12.8 Å². The summed E-state index contributed by atoms with van der Waals surface area (Å²) < 4.78 is 39.0. The van der Waals surface area contributed by atoms with Gasteiger partial charge in [-0.15, -0.1) is 0 Å². The molecule has 1 spiro atoms. The fourth-order valence-corrected chi connectivity index (χ4v) is 11.3. The van der Waals surface area contributed by atoms with Crippen molar-refractivity contribution in [1.82, 2.24) is 53.2 Å². The topological polar surface area (TPSA) is 439 Å². The number of amides is 11. The highest BCUT2D eigenvalue weighted by atomic mass is 19.3. The highest BCUT2D eigenvalue weighted by molar-refractivity contribution is 6.00. The van der Waals surface area contributed by atoms with E-state index < -0.39 is 212 Å². The molecule has 552 valence electrons. The predicted octanol–water partition coefficient (Wildman–Crippen LogP) is 1.49. The molecule has 100 heavy (non-hydrogen) atoms. The number of para-hydroxylation sites is 1. The Morgan fingerprint density at radius 1 is 0.620 bits per heavy atom. The summed E-state index contributed by atoms with van der Waals surface area (Å²) in [6, 6.07) is 9.87. The quantitative estimate of drug-likeness (QED) is 0.0397. The first-order valence-corrected chi connectivity index (χ1v) is 34.2. The number of hydrogen-bond acceptors (Lipinski definition) is 17. The van der Waals surface area contributed by atoms with E-state index in [2.05, 4.69) is 53.2 Å². The number of benzene rings is 3. The van der Waals surface area contributed by atoms with Crippen LogP contribution < -0.4 is 69.4 Å². The van der Waals surface area contributed by atoms with E-state index in [1.165, 1.54) is 13.8 Å². The molecule has 2 aliphatic rings. The van der Waals surface area contributed by atoms with E-state index in [0.717, 1.165) is 22.4 Å². The first-order valence-electron chi connectivity index (χ1n) is 34.2. The van der Waals surface area contributed by atoms with Crippen LogP contribution in [0.3, 0.4) is 0 Å². The van der Waals surface area contributed by atoms with Crippen molar-refractivity contribution in [2.24, 2.45) is 41.1 Å². The number of aliphatic hydroxyl groups excluding tert-OH is 3. The molecule has 1 aliphatic carbocycles. The van der Waals surface area contributed by atoms with Crippen molar-refractivity contribution in [2.75, 3.05) is 13.2 Å². The molecule has 1 saturated heterocycles. The smallest absolute Gasteiger partial charge is 0.246 e. The second-order valence-corrected chi connectivity index (χ2v) is 26.3. The summed E-state index contributed by atoms with van der Waals surface area (Å²) in [7, 11) is 0. The lowest BCUT2D eigenvalue weighted by molar-refractivity contribution is -0.171. The van der Waals surface area contributed by atoms with Gasteiger partial charge in [-0.3, -0.25) is 52.7 Å². The van der Waals surface area contributed by atoms with Gasteiger partial charge in [0.25, 0.3) is 0 Å². The zero-order valence-corrected chi connectivity index (χ0v) is 58.4. The molecule has 2 fully saturated rings. The Balaban J connectivity index is 1.24. The van der Waals surface area contributed by atoms with Crippen molar-refractivity contribution in [3.63, 3.8) is 0 Å². The molecule has 0 bridgehead atoms. The van der Waals surface area contributed by atoms with Gasteiger partial charge in [-0.2, -0.15) is 0 Å². The zero-order chi connectivity index (χ0) is 74.3. The summed E-state index contributed by atoms with van der Waals surface area (Å²) in [6.45, 7) is 13.8. The zero-order valence-electron chi connectivity index (χ0n) is 58.4. The molecular weight excluding hydrogens is 1300 g/mol. The average Bonchev–Trinajstić information content (AvgIpc) is 1.58.